The molecule has 2 aliphatic heterocycles. The SMILES string of the molecule is NCCCC[C@H](NC(=O)[C@H](Cc1cnc[nH]1)NC(=O)CNC(=O)CCCCC1SCC2NC(=O)NC21)C(=O)O. The maximum atomic E-state index is 12.9. The second kappa shape index (κ2) is 15.3. The van der Waals surface area contributed by atoms with Crippen LogP contribution in [0.4, 0.5) is 4.79 Å². The van der Waals surface area contributed by atoms with E-state index in [-0.39, 0.29) is 49.8 Å². The molecule has 3 heterocycles. The number of fused-ring (bicyclic) bond motifs is 1. The number of amides is 5. The predicted octanol–water partition coefficient (Wildman–Crippen LogP) is -1.02. The van der Waals surface area contributed by atoms with Crippen LogP contribution in [0, 0.1) is 0 Å². The third-order valence-electron chi connectivity index (χ3n) is 6.72. The van der Waals surface area contributed by atoms with Crippen LogP contribution in [0.15, 0.2) is 12.5 Å². The van der Waals surface area contributed by atoms with Crippen molar-refractivity contribution in [1.82, 2.24) is 36.6 Å². The quantitative estimate of drug-likeness (QED) is 0.0852. The smallest absolute Gasteiger partial charge is 0.326 e. The number of imidazole rings is 1. The molecule has 1 aromatic heterocycles. The number of unbranched alkanes of at least 4 members (excludes halogenated alkanes) is 2. The zero-order valence-corrected chi connectivity index (χ0v) is 22.6. The van der Waals surface area contributed by atoms with Crippen molar-refractivity contribution in [3.8, 4) is 0 Å². The molecule has 3 rings (SSSR count). The lowest BCUT2D eigenvalue weighted by Gasteiger charge is -2.21. The van der Waals surface area contributed by atoms with E-state index in [4.69, 9.17) is 5.73 Å². The zero-order valence-electron chi connectivity index (χ0n) is 21.7. The van der Waals surface area contributed by atoms with Crippen molar-refractivity contribution in [2.24, 2.45) is 5.73 Å². The fourth-order valence-electron chi connectivity index (χ4n) is 4.63. The Balaban J connectivity index is 1.40. The first kappa shape index (κ1) is 30.2. The number of carbonyl (C=O) groups is 5. The number of aromatic nitrogens is 2. The molecule has 216 valence electrons. The lowest BCUT2D eigenvalue weighted by molar-refractivity contribution is -0.142. The average Bonchev–Trinajstić information content (AvgIpc) is 3.63. The Morgan fingerprint density at radius 3 is 2.64 bits per heavy atom. The van der Waals surface area contributed by atoms with Crippen LogP contribution in [0.5, 0.6) is 0 Å². The van der Waals surface area contributed by atoms with E-state index in [9.17, 15) is 29.1 Å². The lowest BCUT2D eigenvalue weighted by atomic mass is 10.0. The first-order valence-electron chi connectivity index (χ1n) is 13.2. The molecule has 5 amide bonds. The minimum absolute atomic E-state index is 0.0671. The summed E-state index contributed by atoms with van der Waals surface area (Å²) in [4.78, 5) is 67.6. The summed E-state index contributed by atoms with van der Waals surface area (Å²) in [5, 5.41) is 23.3. The van der Waals surface area contributed by atoms with Gasteiger partial charge in [-0.1, -0.05) is 6.42 Å². The van der Waals surface area contributed by atoms with Gasteiger partial charge in [0.2, 0.25) is 17.7 Å². The predicted molar refractivity (Wildman–Crippen MR) is 144 cm³/mol. The number of thioether (sulfide) groups is 1. The number of carboxylic acid groups (broad SMARTS) is 1. The highest BCUT2D eigenvalue weighted by Gasteiger charge is 2.42. The van der Waals surface area contributed by atoms with Crippen LogP contribution in [0.25, 0.3) is 0 Å². The number of aromatic amines is 1. The van der Waals surface area contributed by atoms with Gasteiger partial charge in [-0.25, -0.2) is 14.6 Å². The van der Waals surface area contributed by atoms with Gasteiger partial charge in [-0.2, -0.15) is 11.8 Å². The van der Waals surface area contributed by atoms with E-state index >= 15 is 0 Å². The van der Waals surface area contributed by atoms with E-state index in [1.165, 1.54) is 12.5 Å². The van der Waals surface area contributed by atoms with Crippen LogP contribution in [0.3, 0.4) is 0 Å². The molecule has 15 heteroatoms. The summed E-state index contributed by atoms with van der Waals surface area (Å²) in [5.74, 6) is -1.79. The number of rotatable bonds is 17. The zero-order chi connectivity index (χ0) is 28.2. The number of hydrogen-bond donors (Lipinski definition) is 8. The molecule has 0 bridgehead atoms. The molecule has 1 aromatic rings. The Morgan fingerprint density at radius 1 is 1.10 bits per heavy atom. The Hall–Kier alpha value is -3.33. The molecule has 2 aliphatic rings. The summed E-state index contributed by atoms with van der Waals surface area (Å²) in [6.07, 6.45) is 6.99. The van der Waals surface area contributed by atoms with Crippen molar-refractivity contribution >= 4 is 41.5 Å². The number of nitrogens with one attached hydrogen (secondary N) is 6. The maximum absolute atomic E-state index is 12.9. The standard InChI is InChI=1S/C24H38N8O6S/c25-8-4-3-5-15(23(36)37)30-22(35)16(9-14-10-26-13-28-14)29-20(34)11-27-19(33)7-2-1-6-18-21-17(12-39-18)31-24(38)32-21/h10,13,15-18,21H,1-9,11-12,25H2,(H,26,28)(H,27,33)(H,29,34)(H,30,35)(H,36,37)(H2,31,32,38)/t15-,16-,17?,18?,21?/m0/s1. The number of nitrogens with two attached hydrogens (primary N) is 1. The molecule has 0 aromatic carbocycles. The Morgan fingerprint density at radius 2 is 1.92 bits per heavy atom. The van der Waals surface area contributed by atoms with Gasteiger partial charge in [0.15, 0.2) is 0 Å². The van der Waals surface area contributed by atoms with E-state index in [0.717, 1.165) is 18.6 Å². The monoisotopic (exact) mass is 566 g/mol. The number of H-pyrrole nitrogens is 1. The van der Waals surface area contributed by atoms with Crippen LogP contribution in [-0.2, 0) is 25.6 Å². The molecule has 2 fully saturated rings. The van der Waals surface area contributed by atoms with Gasteiger partial charge in [0, 0.05) is 35.7 Å². The largest absolute Gasteiger partial charge is 0.480 e. The summed E-state index contributed by atoms with van der Waals surface area (Å²) in [6.45, 7) is 0.104. The van der Waals surface area contributed by atoms with Crippen LogP contribution in [0.1, 0.15) is 50.6 Å². The van der Waals surface area contributed by atoms with Crippen molar-refractivity contribution in [2.75, 3.05) is 18.8 Å². The van der Waals surface area contributed by atoms with E-state index in [1.54, 1.807) is 0 Å². The third kappa shape index (κ3) is 9.73. The van der Waals surface area contributed by atoms with Gasteiger partial charge in [-0.05, 0) is 38.6 Å². The molecule has 0 aliphatic carbocycles. The molecule has 3 unspecified atom stereocenters. The van der Waals surface area contributed by atoms with E-state index in [0.29, 0.717) is 36.8 Å². The van der Waals surface area contributed by atoms with Crippen LogP contribution in [0.2, 0.25) is 0 Å². The van der Waals surface area contributed by atoms with Crippen molar-refractivity contribution in [2.45, 2.75) is 80.8 Å². The molecule has 5 atom stereocenters. The average molecular weight is 567 g/mol. The molecular formula is C24H38N8O6S. The van der Waals surface area contributed by atoms with E-state index < -0.39 is 29.9 Å². The molecule has 2 saturated heterocycles. The second-order valence-electron chi connectivity index (χ2n) is 9.73. The van der Waals surface area contributed by atoms with E-state index in [1.807, 2.05) is 11.8 Å². The molecule has 0 spiro atoms. The topological polar surface area (TPSA) is 220 Å². The summed E-state index contributed by atoms with van der Waals surface area (Å²) in [7, 11) is 0. The number of carboxylic acids is 1. The van der Waals surface area contributed by atoms with Crippen molar-refractivity contribution in [1.29, 1.82) is 0 Å². The number of nitrogens with zero attached hydrogens (tertiary/aromatic N) is 1. The Labute approximate surface area is 230 Å². The number of urea groups is 1. The summed E-state index contributed by atoms with van der Waals surface area (Å²) in [5.41, 5.74) is 6.04. The molecule has 39 heavy (non-hydrogen) atoms. The molecule has 0 saturated carbocycles. The van der Waals surface area contributed by atoms with E-state index in [2.05, 4.69) is 36.6 Å². The number of hydrogen-bond acceptors (Lipinski definition) is 8. The first-order chi connectivity index (χ1) is 18.8. The minimum Gasteiger partial charge on any atom is -0.480 e. The summed E-state index contributed by atoms with van der Waals surface area (Å²) in [6, 6.07) is -2.01. The third-order valence-corrected chi connectivity index (χ3v) is 8.23. The van der Waals surface area contributed by atoms with Gasteiger partial charge in [0.25, 0.3) is 0 Å². The summed E-state index contributed by atoms with van der Waals surface area (Å²) >= 11 is 1.82. The van der Waals surface area contributed by atoms with Crippen LogP contribution < -0.4 is 32.3 Å². The van der Waals surface area contributed by atoms with Crippen molar-refractivity contribution in [3.63, 3.8) is 0 Å². The number of carbonyl (C=O) groups excluding carboxylic acids is 4. The number of aliphatic carboxylic acids is 1. The van der Waals surface area contributed by atoms with Gasteiger partial charge >= 0.3 is 12.0 Å². The lowest BCUT2D eigenvalue weighted by Crippen LogP contribution is -2.54. The van der Waals surface area contributed by atoms with Gasteiger partial charge < -0.3 is 42.4 Å². The van der Waals surface area contributed by atoms with Crippen LogP contribution in [-0.4, -0.2) is 93.1 Å². The Kier molecular flexibility index (Phi) is 11.9. The van der Waals surface area contributed by atoms with Crippen molar-refractivity contribution < 1.29 is 29.1 Å². The van der Waals surface area contributed by atoms with Gasteiger partial charge in [0.05, 0.1) is 25.0 Å². The Bertz CT molecular complexity index is 993. The normalized spacial score (nSPS) is 21.3. The van der Waals surface area contributed by atoms with Gasteiger partial charge in [-0.3, -0.25) is 14.4 Å². The highest BCUT2D eigenvalue weighted by atomic mass is 32.2. The van der Waals surface area contributed by atoms with Gasteiger partial charge in [-0.15, -0.1) is 0 Å². The van der Waals surface area contributed by atoms with Crippen LogP contribution >= 0.6 is 11.8 Å². The first-order valence-corrected chi connectivity index (χ1v) is 14.3. The highest BCUT2D eigenvalue weighted by molar-refractivity contribution is 8.00. The maximum Gasteiger partial charge on any atom is 0.326 e. The molecule has 0 radical (unpaired) electrons. The summed E-state index contributed by atoms with van der Waals surface area (Å²) < 4.78 is 0. The minimum atomic E-state index is -1.17. The highest BCUT2D eigenvalue weighted by Crippen LogP contribution is 2.33. The van der Waals surface area contributed by atoms with Crippen molar-refractivity contribution in [3.05, 3.63) is 18.2 Å². The fraction of sp³-hybridized carbons (Fsp3) is 0.667. The van der Waals surface area contributed by atoms with Gasteiger partial charge in [0.1, 0.15) is 12.1 Å². The second-order valence-corrected chi connectivity index (χ2v) is 11.0. The fourth-order valence-corrected chi connectivity index (χ4v) is 6.18. The molecule has 14 nitrogen and oxygen atoms in total. The molecule has 9 N–H and O–H groups in total. The molecular weight excluding hydrogens is 528 g/mol.